The molecule has 5 heteroatoms. The Kier molecular flexibility index (Phi) is 3.71. The van der Waals surface area contributed by atoms with E-state index in [4.69, 9.17) is 0 Å². The Morgan fingerprint density at radius 3 is 2.67 bits per heavy atom. The molecule has 18 heavy (non-hydrogen) atoms. The van der Waals surface area contributed by atoms with Crippen molar-refractivity contribution in [1.29, 1.82) is 0 Å². The molecule has 1 fully saturated rings. The maximum atomic E-state index is 12.2. The highest BCUT2D eigenvalue weighted by atomic mass is 16.1. The average molecular weight is 250 g/mol. The number of aromatic nitrogens is 2. The zero-order chi connectivity index (χ0) is 13.3. The van der Waals surface area contributed by atoms with Gasteiger partial charge in [0.05, 0.1) is 11.3 Å². The fraction of sp³-hybridized carbons (Fsp3) is 0.692. The van der Waals surface area contributed by atoms with Gasteiger partial charge in [0, 0.05) is 25.3 Å². The van der Waals surface area contributed by atoms with Gasteiger partial charge in [-0.05, 0) is 40.3 Å². The van der Waals surface area contributed by atoms with E-state index in [0.29, 0.717) is 6.04 Å². The normalized spacial score (nSPS) is 20.3. The molecule has 0 bridgehead atoms. The molecular weight excluding hydrogens is 228 g/mol. The van der Waals surface area contributed by atoms with Crippen LogP contribution >= 0.6 is 0 Å². The van der Waals surface area contributed by atoms with Crippen LogP contribution in [0.2, 0.25) is 0 Å². The predicted molar refractivity (Wildman–Crippen MR) is 70.7 cm³/mol. The number of rotatable bonds is 3. The predicted octanol–water partition coefficient (Wildman–Crippen LogP) is 0.861. The minimum Gasteiger partial charge on any atom is -0.350 e. The van der Waals surface area contributed by atoms with E-state index in [-0.39, 0.29) is 5.91 Å². The first-order valence-electron chi connectivity index (χ1n) is 6.49. The maximum absolute atomic E-state index is 12.2. The lowest BCUT2D eigenvalue weighted by molar-refractivity contribution is 0.0942. The highest BCUT2D eigenvalue weighted by Gasteiger charge is 2.23. The average Bonchev–Trinajstić information content (AvgIpc) is 2.81. The van der Waals surface area contributed by atoms with Crippen molar-refractivity contribution in [2.24, 2.45) is 7.05 Å². The Balaban J connectivity index is 1.99. The summed E-state index contributed by atoms with van der Waals surface area (Å²) in [5, 5.41) is 7.30. The SMILES string of the molecule is Cc1nn(C)c(C)c1C(=O)NCC1CCCN1C. The highest BCUT2D eigenvalue weighted by Crippen LogP contribution is 2.15. The van der Waals surface area contributed by atoms with Crippen LogP contribution in [-0.2, 0) is 7.05 Å². The maximum Gasteiger partial charge on any atom is 0.255 e. The van der Waals surface area contributed by atoms with Crippen LogP contribution in [0.25, 0.3) is 0 Å². The van der Waals surface area contributed by atoms with Gasteiger partial charge in [-0.25, -0.2) is 0 Å². The molecule has 2 heterocycles. The van der Waals surface area contributed by atoms with Crippen LogP contribution < -0.4 is 5.32 Å². The molecule has 1 saturated heterocycles. The van der Waals surface area contributed by atoms with E-state index in [1.165, 1.54) is 12.8 Å². The Bertz CT molecular complexity index is 452. The van der Waals surface area contributed by atoms with E-state index in [1.54, 1.807) is 4.68 Å². The van der Waals surface area contributed by atoms with Crippen LogP contribution in [0.4, 0.5) is 0 Å². The number of amides is 1. The van der Waals surface area contributed by atoms with E-state index < -0.39 is 0 Å². The molecule has 0 saturated carbocycles. The van der Waals surface area contributed by atoms with Crippen LogP contribution in [0.3, 0.4) is 0 Å². The third-order valence-corrected chi connectivity index (χ3v) is 3.91. The number of nitrogens with one attached hydrogen (secondary N) is 1. The van der Waals surface area contributed by atoms with Crippen molar-refractivity contribution in [3.05, 3.63) is 17.0 Å². The molecule has 0 aromatic carbocycles. The molecule has 1 amide bonds. The fourth-order valence-electron chi connectivity index (χ4n) is 2.64. The molecule has 1 unspecified atom stereocenters. The lowest BCUT2D eigenvalue weighted by Crippen LogP contribution is -2.38. The number of hydrogen-bond donors (Lipinski definition) is 1. The monoisotopic (exact) mass is 250 g/mol. The van der Waals surface area contributed by atoms with Crippen LogP contribution in [0.1, 0.15) is 34.6 Å². The molecular formula is C13H22N4O. The zero-order valence-corrected chi connectivity index (χ0v) is 11.7. The standard InChI is InChI=1S/C13H22N4O/c1-9-12(10(2)17(4)15-9)13(18)14-8-11-6-5-7-16(11)3/h11H,5-8H2,1-4H3,(H,14,18). The van der Waals surface area contributed by atoms with Crippen molar-refractivity contribution in [3.63, 3.8) is 0 Å². The number of likely N-dealkylation sites (N-methyl/N-ethyl adjacent to an activating group) is 1. The van der Waals surface area contributed by atoms with E-state index >= 15 is 0 Å². The molecule has 1 aromatic heterocycles. The van der Waals surface area contributed by atoms with Crippen molar-refractivity contribution in [3.8, 4) is 0 Å². The Morgan fingerprint density at radius 2 is 2.17 bits per heavy atom. The van der Waals surface area contributed by atoms with Gasteiger partial charge in [-0.2, -0.15) is 5.10 Å². The fourth-order valence-corrected chi connectivity index (χ4v) is 2.64. The van der Waals surface area contributed by atoms with Crippen LogP contribution in [0.5, 0.6) is 0 Å². The van der Waals surface area contributed by atoms with Gasteiger partial charge in [-0.3, -0.25) is 9.48 Å². The summed E-state index contributed by atoms with van der Waals surface area (Å²) in [6.07, 6.45) is 2.39. The summed E-state index contributed by atoms with van der Waals surface area (Å²) in [5.41, 5.74) is 2.44. The first kappa shape index (κ1) is 13.1. The molecule has 0 aliphatic carbocycles. The topological polar surface area (TPSA) is 50.2 Å². The second-order valence-electron chi connectivity index (χ2n) is 5.16. The second kappa shape index (κ2) is 5.10. The summed E-state index contributed by atoms with van der Waals surface area (Å²) < 4.78 is 1.76. The minimum absolute atomic E-state index is 0.00148. The summed E-state index contributed by atoms with van der Waals surface area (Å²) in [6, 6.07) is 0.478. The van der Waals surface area contributed by atoms with Crippen LogP contribution in [-0.4, -0.2) is 46.8 Å². The summed E-state index contributed by atoms with van der Waals surface area (Å²) >= 11 is 0. The molecule has 1 atom stereocenters. The Morgan fingerprint density at radius 1 is 1.44 bits per heavy atom. The van der Waals surface area contributed by atoms with Gasteiger partial charge in [0.15, 0.2) is 0 Å². The number of aryl methyl sites for hydroxylation is 2. The summed E-state index contributed by atoms with van der Waals surface area (Å²) in [4.78, 5) is 14.5. The molecule has 1 N–H and O–H groups in total. The molecule has 1 aliphatic rings. The summed E-state index contributed by atoms with van der Waals surface area (Å²) in [7, 11) is 3.98. The molecule has 1 aromatic rings. The van der Waals surface area contributed by atoms with Crippen molar-refractivity contribution >= 4 is 5.91 Å². The quantitative estimate of drug-likeness (QED) is 0.865. The third-order valence-electron chi connectivity index (χ3n) is 3.91. The molecule has 0 spiro atoms. The molecule has 1 aliphatic heterocycles. The van der Waals surface area contributed by atoms with Gasteiger partial charge >= 0.3 is 0 Å². The lowest BCUT2D eigenvalue weighted by atomic mass is 10.1. The largest absolute Gasteiger partial charge is 0.350 e. The highest BCUT2D eigenvalue weighted by molar-refractivity contribution is 5.96. The Labute approximate surface area is 108 Å². The van der Waals surface area contributed by atoms with Crippen molar-refractivity contribution in [1.82, 2.24) is 20.0 Å². The van der Waals surface area contributed by atoms with Gasteiger partial charge in [0.1, 0.15) is 0 Å². The lowest BCUT2D eigenvalue weighted by Gasteiger charge is -2.19. The van der Waals surface area contributed by atoms with Crippen molar-refractivity contribution < 1.29 is 4.79 Å². The number of nitrogens with zero attached hydrogens (tertiary/aromatic N) is 3. The third kappa shape index (κ3) is 2.41. The van der Waals surface area contributed by atoms with E-state index in [9.17, 15) is 4.79 Å². The smallest absolute Gasteiger partial charge is 0.255 e. The van der Waals surface area contributed by atoms with Crippen molar-refractivity contribution in [2.45, 2.75) is 32.7 Å². The van der Waals surface area contributed by atoms with E-state index in [2.05, 4.69) is 22.4 Å². The first-order chi connectivity index (χ1) is 8.50. The number of likely N-dealkylation sites (tertiary alicyclic amines) is 1. The van der Waals surface area contributed by atoms with Gasteiger partial charge in [0.2, 0.25) is 0 Å². The summed E-state index contributed by atoms with van der Waals surface area (Å²) in [5.74, 6) is -0.00148. The van der Waals surface area contributed by atoms with E-state index in [1.807, 2.05) is 20.9 Å². The number of carbonyl (C=O) groups is 1. The van der Waals surface area contributed by atoms with Gasteiger partial charge < -0.3 is 10.2 Å². The second-order valence-corrected chi connectivity index (χ2v) is 5.16. The zero-order valence-electron chi connectivity index (χ0n) is 11.7. The molecule has 100 valence electrons. The van der Waals surface area contributed by atoms with Gasteiger partial charge in [-0.1, -0.05) is 0 Å². The molecule has 5 nitrogen and oxygen atoms in total. The minimum atomic E-state index is -0.00148. The van der Waals surface area contributed by atoms with E-state index in [0.717, 1.165) is 30.0 Å². The number of carbonyl (C=O) groups excluding carboxylic acids is 1. The number of hydrogen-bond acceptors (Lipinski definition) is 3. The van der Waals surface area contributed by atoms with Gasteiger partial charge in [0.25, 0.3) is 5.91 Å². The van der Waals surface area contributed by atoms with Crippen molar-refractivity contribution in [2.75, 3.05) is 20.1 Å². The van der Waals surface area contributed by atoms with Gasteiger partial charge in [-0.15, -0.1) is 0 Å². The summed E-state index contributed by atoms with van der Waals surface area (Å²) in [6.45, 7) is 5.66. The Hall–Kier alpha value is -1.36. The van der Waals surface area contributed by atoms with Crippen LogP contribution in [0, 0.1) is 13.8 Å². The molecule has 2 rings (SSSR count). The first-order valence-corrected chi connectivity index (χ1v) is 6.49. The van der Waals surface area contributed by atoms with Crippen LogP contribution in [0.15, 0.2) is 0 Å². The molecule has 0 radical (unpaired) electrons.